The molecular weight excluding hydrogens is 276 g/mol. The zero-order valence-electron chi connectivity index (χ0n) is 10.8. The van der Waals surface area contributed by atoms with Gasteiger partial charge in [0.05, 0.1) is 28.8 Å². The molecule has 0 aromatic carbocycles. The predicted molar refractivity (Wildman–Crippen MR) is 75.4 cm³/mol. The van der Waals surface area contributed by atoms with Gasteiger partial charge in [0.2, 0.25) is 5.95 Å². The number of carbonyl (C=O) groups is 1. The minimum Gasteiger partial charge on any atom is -0.395 e. The topological polar surface area (TPSA) is 88.0 Å². The molecule has 1 amide bonds. The summed E-state index contributed by atoms with van der Waals surface area (Å²) < 4.78 is 0. The second-order valence-electron chi connectivity index (χ2n) is 3.82. The van der Waals surface area contributed by atoms with Gasteiger partial charge >= 0.3 is 0 Å². The molecule has 0 radical (unpaired) electrons. The molecule has 2 rings (SSSR count). The van der Waals surface area contributed by atoms with Gasteiger partial charge in [-0.05, 0) is 18.6 Å². The Balaban J connectivity index is 2.12. The number of hydrogen-bond acceptors (Lipinski definition) is 6. The summed E-state index contributed by atoms with van der Waals surface area (Å²) in [5, 5.41) is 18.6. The van der Waals surface area contributed by atoms with Crippen molar-refractivity contribution in [1.82, 2.24) is 15.2 Å². The highest BCUT2D eigenvalue weighted by Crippen LogP contribution is 2.21. The van der Waals surface area contributed by atoms with Gasteiger partial charge in [0.15, 0.2) is 0 Å². The third kappa shape index (κ3) is 3.60. The number of anilines is 1. The maximum atomic E-state index is 12.0. The van der Waals surface area contributed by atoms with Crippen LogP contribution in [-0.4, -0.2) is 32.8 Å². The van der Waals surface area contributed by atoms with Crippen molar-refractivity contribution in [2.75, 3.05) is 11.9 Å². The van der Waals surface area contributed by atoms with Gasteiger partial charge in [-0.15, -0.1) is 16.4 Å². The van der Waals surface area contributed by atoms with Crippen LogP contribution in [0.3, 0.4) is 0 Å². The van der Waals surface area contributed by atoms with Crippen LogP contribution in [-0.2, 0) is 0 Å². The number of aliphatic hydroxyl groups excluding tert-OH is 1. The van der Waals surface area contributed by atoms with Crippen LogP contribution < -0.4 is 5.32 Å². The van der Waals surface area contributed by atoms with E-state index in [9.17, 15) is 4.79 Å². The van der Waals surface area contributed by atoms with E-state index in [2.05, 4.69) is 32.3 Å². The normalized spacial score (nSPS) is 9.70. The standard InChI is InChI=1S/C13H12N4O2S/c1-9-8-11(20-10(9)4-2-3-7-18)12(19)16-13-14-5-6-15-17-13/h5-6,8,18H,3,7H2,1H3,(H,14,16,17,19). The van der Waals surface area contributed by atoms with Crippen LogP contribution in [0.1, 0.15) is 26.5 Å². The second-order valence-corrected chi connectivity index (χ2v) is 4.87. The van der Waals surface area contributed by atoms with Crippen molar-refractivity contribution < 1.29 is 9.90 Å². The molecule has 7 heteroatoms. The number of nitrogens with one attached hydrogen (secondary N) is 1. The van der Waals surface area contributed by atoms with E-state index in [0.29, 0.717) is 11.3 Å². The Labute approximate surface area is 119 Å². The zero-order valence-corrected chi connectivity index (χ0v) is 11.6. The van der Waals surface area contributed by atoms with E-state index in [1.165, 1.54) is 23.7 Å². The summed E-state index contributed by atoms with van der Waals surface area (Å²) in [7, 11) is 0. The quantitative estimate of drug-likeness (QED) is 0.829. The molecule has 2 heterocycles. The Morgan fingerprint density at radius 3 is 3.05 bits per heavy atom. The number of nitrogens with zero attached hydrogens (tertiary/aromatic N) is 3. The van der Waals surface area contributed by atoms with Gasteiger partial charge in [0, 0.05) is 6.42 Å². The summed E-state index contributed by atoms with van der Waals surface area (Å²) in [4.78, 5) is 17.2. The molecule has 6 nitrogen and oxygen atoms in total. The van der Waals surface area contributed by atoms with E-state index in [4.69, 9.17) is 5.11 Å². The Morgan fingerprint density at radius 1 is 1.50 bits per heavy atom. The summed E-state index contributed by atoms with van der Waals surface area (Å²) in [6.45, 7) is 1.92. The van der Waals surface area contributed by atoms with Gasteiger partial charge in [-0.3, -0.25) is 10.1 Å². The monoisotopic (exact) mass is 288 g/mol. The molecule has 0 aliphatic heterocycles. The van der Waals surface area contributed by atoms with Crippen LogP contribution in [0, 0.1) is 18.8 Å². The molecule has 0 spiro atoms. The molecule has 0 fully saturated rings. The highest BCUT2D eigenvalue weighted by atomic mass is 32.1. The number of thiophene rings is 1. The number of aromatic nitrogens is 3. The molecular formula is C13H12N4O2S. The van der Waals surface area contributed by atoms with Crippen molar-refractivity contribution in [3.63, 3.8) is 0 Å². The molecule has 0 atom stereocenters. The number of aryl methyl sites for hydroxylation is 1. The summed E-state index contributed by atoms with van der Waals surface area (Å²) in [6, 6.07) is 1.76. The highest BCUT2D eigenvalue weighted by Gasteiger charge is 2.12. The van der Waals surface area contributed by atoms with Crippen LogP contribution >= 0.6 is 11.3 Å². The largest absolute Gasteiger partial charge is 0.395 e. The SMILES string of the molecule is Cc1cc(C(=O)Nc2nccnn2)sc1C#CCCO. The second kappa shape index (κ2) is 6.75. The molecule has 0 aliphatic rings. The van der Waals surface area contributed by atoms with Crippen molar-refractivity contribution in [3.8, 4) is 11.8 Å². The van der Waals surface area contributed by atoms with E-state index in [1.807, 2.05) is 6.92 Å². The van der Waals surface area contributed by atoms with Crippen LogP contribution in [0.4, 0.5) is 5.95 Å². The number of rotatable bonds is 3. The first-order valence-corrected chi connectivity index (χ1v) is 6.67. The molecule has 2 N–H and O–H groups in total. The van der Waals surface area contributed by atoms with Gasteiger partial charge in [0.25, 0.3) is 5.91 Å². The fourth-order valence-electron chi connectivity index (χ4n) is 1.38. The van der Waals surface area contributed by atoms with Gasteiger partial charge in [-0.1, -0.05) is 11.8 Å². The van der Waals surface area contributed by atoms with Gasteiger partial charge in [-0.25, -0.2) is 4.98 Å². The van der Waals surface area contributed by atoms with Gasteiger partial charge in [-0.2, -0.15) is 5.10 Å². The molecule has 0 unspecified atom stereocenters. The van der Waals surface area contributed by atoms with E-state index in [-0.39, 0.29) is 18.5 Å². The molecule has 102 valence electrons. The maximum Gasteiger partial charge on any atom is 0.268 e. The van der Waals surface area contributed by atoms with Crippen molar-refractivity contribution in [3.05, 3.63) is 33.8 Å². The number of hydrogen-bond donors (Lipinski definition) is 2. The lowest BCUT2D eigenvalue weighted by Gasteiger charge is -1.98. The maximum absolute atomic E-state index is 12.0. The molecule has 0 aliphatic carbocycles. The number of aliphatic hydroxyl groups is 1. The van der Waals surface area contributed by atoms with Crippen LogP contribution in [0.15, 0.2) is 18.5 Å². The van der Waals surface area contributed by atoms with Crippen LogP contribution in [0.25, 0.3) is 0 Å². The average molecular weight is 288 g/mol. The third-order valence-electron chi connectivity index (χ3n) is 2.29. The van der Waals surface area contributed by atoms with E-state index < -0.39 is 0 Å². The zero-order chi connectivity index (χ0) is 14.4. The van der Waals surface area contributed by atoms with Crippen molar-refractivity contribution >= 4 is 23.2 Å². The summed E-state index contributed by atoms with van der Waals surface area (Å²) in [6.07, 6.45) is 3.30. The van der Waals surface area contributed by atoms with Crippen LogP contribution in [0.5, 0.6) is 0 Å². The van der Waals surface area contributed by atoms with Crippen LogP contribution in [0.2, 0.25) is 0 Å². The molecule has 20 heavy (non-hydrogen) atoms. The molecule has 0 saturated heterocycles. The summed E-state index contributed by atoms with van der Waals surface area (Å²) in [5.41, 5.74) is 0.928. The summed E-state index contributed by atoms with van der Waals surface area (Å²) in [5.74, 6) is 5.65. The smallest absolute Gasteiger partial charge is 0.268 e. The molecule has 0 saturated carbocycles. The minimum absolute atomic E-state index is 0.0309. The van der Waals surface area contributed by atoms with Crippen molar-refractivity contribution in [2.24, 2.45) is 0 Å². The lowest BCUT2D eigenvalue weighted by atomic mass is 10.2. The lowest BCUT2D eigenvalue weighted by Crippen LogP contribution is -2.12. The Hall–Kier alpha value is -2.30. The number of carbonyl (C=O) groups excluding carboxylic acids is 1. The minimum atomic E-state index is -0.290. The first-order chi connectivity index (χ1) is 9.70. The van der Waals surface area contributed by atoms with Gasteiger partial charge < -0.3 is 5.11 Å². The predicted octanol–water partition coefficient (Wildman–Crippen LogP) is 1.23. The third-order valence-corrected chi connectivity index (χ3v) is 3.44. The molecule has 2 aromatic rings. The first-order valence-electron chi connectivity index (χ1n) is 5.86. The van der Waals surface area contributed by atoms with Crippen molar-refractivity contribution in [1.29, 1.82) is 0 Å². The molecule has 2 aromatic heterocycles. The van der Waals surface area contributed by atoms with E-state index in [1.54, 1.807) is 6.07 Å². The fourth-order valence-corrected chi connectivity index (χ4v) is 2.33. The van der Waals surface area contributed by atoms with E-state index in [0.717, 1.165) is 10.4 Å². The van der Waals surface area contributed by atoms with Gasteiger partial charge in [0.1, 0.15) is 0 Å². The Kier molecular flexibility index (Phi) is 4.76. The lowest BCUT2D eigenvalue weighted by molar-refractivity contribution is 0.102. The fraction of sp³-hybridized carbons (Fsp3) is 0.231. The average Bonchev–Trinajstić information content (AvgIpc) is 2.82. The highest BCUT2D eigenvalue weighted by molar-refractivity contribution is 7.14. The van der Waals surface area contributed by atoms with Crippen molar-refractivity contribution in [2.45, 2.75) is 13.3 Å². The first kappa shape index (κ1) is 14.1. The Morgan fingerprint density at radius 2 is 2.35 bits per heavy atom. The Bertz CT molecular complexity index is 658. The summed E-state index contributed by atoms with van der Waals surface area (Å²) >= 11 is 1.29. The number of amides is 1. The molecule has 0 bridgehead atoms. The van der Waals surface area contributed by atoms with E-state index >= 15 is 0 Å².